The number of amides is 1. The molecule has 11 heteroatoms. The van der Waals surface area contributed by atoms with Gasteiger partial charge in [0.1, 0.15) is 11.4 Å². The summed E-state index contributed by atoms with van der Waals surface area (Å²) in [6.07, 6.45) is 2.83. The Labute approximate surface area is 153 Å². The number of carbonyl (C=O) groups is 2. The Kier molecular flexibility index (Phi) is 4.83. The lowest BCUT2D eigenvalue weighted by atomic mass is 10.1. The second-order valence-electron chi connectivity index (χ2n) is 5.89. The Morgan fingerprint density at radius 3 is 2.85 bits per heavy atom. The van der Waals surface area contributed by atoms with Gasteiger partial charge in [0.15, 0.2) is 11.9 Å². The number of primary amides is 1. The van der Waals surface area contributed by atoms with Crippen molar-refractivity contribution >= 4 is 28.8 Å². The first-order valence-corrected chi connectivity index (χ1v) is 7.93. The van der Waals surface area contributed by atoms with E-state index in [2.05, 4.69) is 15.5 Å². The highest BCUT2D eigenvalue weighted by Crippen LogP contribution is 2.27. The molecule has 0 spiro atoms. The maximum absolute atomic E-state index is 12.5. The Balaban J connectivity index is 1.75. The number of rotatable bonds is 7. The number of hydrogen-bond acceptors (Lipinski definition) is 8. The van der Waals surface area contributed by atoms with Gasteiger partial charge in [-0.05, 0) is 12.1 Å². The quantitative estimate of drug-likeness (QED) is 0.409. The number of benzene rings is 1. The number of anilines is 1. The molecule has 1 amide bonds. The van der Waals surface area contributed by atoms with Crippen molar-refractivity contribution in [2.24, 2.45) is 17.9 Å². The van der Waals surface area contributed by atoms with Crippen molar-refractivity contribution in [3.05, 3.63) is 52.1 Å². The molecular weight excluding hydrogens is 356 g/mol. The molecule has 0 fully saturated rings. The maximum Gasteiger partial charge on any atom is 0.293 e. The van der Waals surface area contributed by atoms with Crippen LogP contribution in [-0.4, -0.2) is 44.5 Å². The van der Waals surface area contributed by atoms with Gasteiger partial charge in [0, 0.05) is 37.5 Å². The van der Waals surface area contributed by atoms with E-state index in [0.29, 0.717) is 0 Å². The van der Waals surface area contributed by atoms with E-state index in [1.165, 1.54) is 29.0 Å². The summed E-state index contributed by atoms with van der Waals surface area (Å²) < 4.78 is 1.54. The lowest BCUT2D eigenvalue weighted by molar-refractivity contribution is -0.384. The number of carbonyl (C=O) groups excluding carboxylic acids is 2. The van der Waals surface area contributed by atoms with Gasteiger partial charge >= 0.3 is 0 Å². The summed E-state index contributed by atoms with van der Waals surface area (Å²) in [5, 5.41) is 17.9. The first-order valence-electron chi connectivity index (χ1n) is 7.93. The van der Waals surface area contributed by atoms with Crippen molar-refractivity contribution < 1.29 is 19.3 Å². The lowest BCUT2D eigenvalue weighted by Crippen LogP contribution is -2.26. The highest BCUT2D eigenvalue weighted by Gasteiger charge is 2.26. The van der Waals surface area contributed by atoms with E-state index >= 15 is 0 Å². The maximum atomic E-state index is 12.5. The van der Waals surface area contributed by atoms with Crippen molar-refractivity contribution in [2.75, 3.05) is 11.9 Å². The van der Waals surface area contributed by atoms with Crippen LogP contribution in [0.3, 0.4) is 0 Å². The number of nitrogens with zero attached hydrogens (tertiary/aromatic N) is 4. The van der Waals surface area contributed by atoms with Crippen molar-refractivity contribution in [3.8, 4) is 0 Å². The minimum Gasteiger partial charge on any atom is -0.390 e. The van der Waals surface area contributed by atoms with Gasteiger partial charge in [-0.1, -0.05) is 5.16 Å². The molecule has 1 aromatic carbocycles. The zero-order valence-corrected chi connectivity index (χ0v) is 14.3. The van der Waals surface area contributed by atoms with Crippen LogP contribution in [0, 0.1) is 10.1 Å². The zero-order valence-electron chi connectivity index (χ0n) is 14.3. The fourth-order valence-electron chi connectivity index (χ4n) is 2.59. The molecule has 140 valence electrons. The summed E-state index contributed by atoms with van der Waals surface area (Å²) in [5.41, 5.74) is 5.35. The molecule has 3 N–H and O–H groups in total. The average molecular weight is 372 g/mol. The van der Waals surface area contributed by atoms with E-state index in [9.17, 15) is 19.7 Å². The van der Waals surface area contributed by atoms with Gasteiger partial charge in [0.05, 0.1) is 11.5 Å². The van der Waals surface area contributed by atoms with Gasteiger partial charge in [-0.3, -0.25) is 19.7 Å². The largest absolute Gasteiger partial charge is 0.390 e. The summed E-state index contributed by atoms with van der Waals surface area (Å²) >= 11 is 0. The van der Waals surface area contributed by atoms with Gasteiger partial charge in [0.25, 0.3) is 11.6 Å². The number of nitrogens with two attached hydrogens (primary N) is 1. The van der Waals surface area contributed by atoms with Crippen molar-refractivity contribution in [3.63, 3.8) is 0 Å². The molecule has 0 bridgehead atoms. The number of nitro groups is 1. The van der Waals surface area contributed by atoms with Crippen LogP contribution in [0.5, 0.6) is 0 Å². The molecule has 1 aliphatic heterocycles. The second kappa shape index (κ2) is 7.23. The third-order valence-corrected chi connectivity index (χ3v) is 4.02. The highest BCUT2D eigenvalue weighted by molar-refractivity contribution is 6.38. The van der Waals surface area contributed by atoms with E-state index in [1.54, 1.807) is 13.2 Å². The Morgan fingerprint density at radius 1 is 1.48 bits per heavy atom. The van der Waals surface area contributed by atoms with Crippen LogP contribution in [-0.2, 0) is 16.7 Å². The smallest absolute Gasteiger partial charge is 0.293 e. The molecule has 0 saturated heterocycles. The highest BCUT2D eigenvalue weighted by atomic mass is 16.6. The van der Waals surface area contributed by atoms with Crippen molar-refractivity contribution in [1.29, 1.82) is 0 Å². The van der Waals surface area contributed by atoms with Gasteiger partial charge in [-0.25, -0.2) is 4.98 Å². The summed E-state index contributed by atoms with van der Waals surface area (Å²) in [6, 6.07) is 4.12. The van der Waals surface area contributed by atoms with E-state index in [0.717, 1.165) is 0 Å². The number of oxime groups is 1. The van der Waals surface area contributed by atoms with Gasteiger partial charge in [-0.2, -0.15) is 0 Å². The first kappa shape index (κ1) is 18.0. The molecule has 0 unspecified atom stereocenters. The van der Waals surface area contributed by atoms with Crippen LogP contribution in [0.15, 0.2) is 35.7 Å². The molecule has 11 nitrogen and oxygen atoms in total. The summed E-state index contributed by atoms with van der Waals surface area (Å²) in [5.74, 6) is -0.906. The van der Waals surface area contributed by atoms with E-state index in [4.69, 9.17) is 10.6 Å². The van der Waals surface area contributed by atoms with Gasteiger partial charge < -0.3 is 20.5 Å². The molecule has 2 aromatic rings. The monoisotopic (exact) mass is 372 g/mol. The van der Waals surface area contributed by atoms with Gasteiger partial charge in [-0.15, -0.1) is 0 Å². The van der Waals surface area contributed by atoms with Crippen LogP contribution in [0.25, 0.3) is 0 Å². The average Bonchev–Trinajstić information content (AvgIpc) is 3.28. The van der Waals surface area contributed by atoms with Crippen LogP contribution in [0.1, 0.15) is 22.6 Å². The number of imidazole rings is 1. The SMILES string of the molecule is Cn1ccnc1C(=O)c1ccc(NC[C@H]2CC(C(N)=O)=NO2)c([N+](=O)[O-])c1. The number of nitro benzene ring substituents is 1. The number of hydrogen-bond donors (Lipinski definition) is 2. The van der Waals surface area contributed by atoms with Crippen LogP contribution < -0.4 is 11.1 Å². The number of aryl methyl sites for hydroxylation is 1. The van der Waals surface area contributed by atoms with Crippen molar-refractivity contribution in [2.45, 2.75) is 12.5 Å². The van der Waals surface area contributed by atoms with Crippen LogP contribution in [0.2, 0.25) is 0 Å². The zero-order chi connectivity index (χ0) is 19.6. The Bertz CT molecular complexity index is 951. The summed E-state index contributed by atoms with van der Waals surface area (Å²) in [4.78, 5) is 43.4. The Morgan fingerprint density at radius 2 is 2.26 bits per heavy atom. The van der Waals surface area contributed by atoms with Crippen molar-refractivity contribution in [1.82, 2.24) is 9.55 Å². The van der Waals surface area contributed by atoms with E-state index in [1.807, 2.05) is 0 Å². The summed E-state index contributed by atoms with van der Waals surface area (Å²) in [7, 11) is 1.66. The molecule has 0 aliphatic carbocycles. The fourth-order valence-corrected chi connectivity index (χ4v) is 2.59. The fraction of sp³-hybridized carbons (Fsp3) is 0.250. The first-order chi connectivity index (χ1) is 12.9. The van der Waals surface area contributed by atoms with E-state index in [-0.39, 0.29) is 41.4 Å². The normalized spacial score (nSPS) is 15.7. The minimum atomic E-state index is -0.666. The molecular formula is C16H16N6O5. The van der Waals surface area contributed by atoms with Crippen LogP contribution in [0.4, 0.5) is 11.4 Å². The van der Waals surface area contributed by atoms with Gasteiger partial charge in [0.2, 0.25) is 5.78 Å². The number of aromatic nitrogens is 2. The number of nitrogens with one attached hydrogen (secondary N) is 1. The van der Waals surface area contributed by atoms with Crippen LogP contribution >= 0.6 is 0 Å². The molecule has 1 aromatic heterocycles. The summed E-state index contributed by atoms with van der Waals surface area (Å²) in [6.45, 7) is 0.174. The third kappa shape index (κ3) is 3.76. The molecule has 3 rings (SSSR count). The molecule has 2 heterocycles. The van der Waals surface area contributed by atoms with E-state index < -0.39 is 22.7 Å². The molecule has 1 atom stereocenters. The second-order valence-corrected chi connectivity index (χ2v) is 5.89. The number of ketones is 1. The lowest BCUT2D eigenvalue weighted by Gasteiger charge is -2.11. The third-order valence-electron chi connectivity index (χ3n) is 4.02. The standard InChI is InChI=1S/C16H16N6O5/c1-21-5-4-18-16(21)14(23)9-2-3-11(13(6-9)22(25)26)19-8-10-7-12(15(17)24)20-27-10/h2-6,10,19H,7-8H2,1H3,(H2,17,24)/t10-/m1/s1. The predicted octanol–water partition coefficient (Wildman–Crippen LogP) is 0.601. The molecule has 27 heavy (non-hydrogen) atoms. The minimum absolute atomic E-state index is 0.118. The Hall–Kier alpha value is -3.76. The molecule has 1 aliphatic rings. The molecule has 0 saturated carbocycles. The topological polar surface area (TPSA) is 155 Å². The molecule has 0 radical (unpaired) electrons. The predicted molar refractivity (Wildman–Crippen MR) is 94.3 cm³/mol.